The molecule has 3 nitrogen and oxygen atoms in total. The van der Waals surface area contributed by atoms with Gasteiger partial charge in [-0.05, 0) is 78.6 Å². The smallest absolute Gasteiger partial charge is 0.271 e. The number of thiophene rings is 6. The molecule has 1 aliphatic heterocycles. The third-order valence-corrected chi connectivity index (χ3v) is 21.9. The van der Waals surface area contributed by atoms with Gasteiger partial charge < -0.3 is 0 Å². The van der Waals surface area contributed by atoms with Gasteiger partial charge in [-0.3, -0.25) is 14.5 Å². The zero-order valence-electron chi connectivity index (χ0n) is 41.4. The SMILES string of the molecule is CCCCCCCN1C(=O)c2sc3c(-c4cc5c(-c6ccc(CC(CC)CCCC)s6)c6sc(-c7ccccc7)cc6c(-c6ccc(CC(CC)CCCC)s6)c5s4)sc(-c4ccccc4)c3c2C1=O. The molecule has 10 rings (SSSR count). The average molecular weight is 1040 g/mol. The Kier molecular flexibility index (Phi) is 15.7. The van der Waals surface area contributed by atoms with Gasteiger partial charge in [0.1, 0.15) is 4.88 Å². The quantitative estimate of drug-likeness (QED) is 0.0473. The Balaban J connectivity index is 1.18. The van der Waals surface area contributed by atoms with Crippen LogP contribution in [0.25, 0.3) is 81.8 Å². The third-order valence-electron chi connectivity index (χ3n) is 14.6. The number of nitrogens with zero attached hydrogens (tertiary/aromatic N) is 1. The Morgan fingerprint density at radius 3 is 1.56 bits per heavy atom. The van der Waals surface area contributed by atoms with Crippen molar-refractivity contribution in [1.82, 2.24) is 4.90 Å². The number of carbonyl (C=O) groups excluding carboxylic acids is 2. The number of benzene rings is 3. The number of hydrogen-bond acceptors (Lipinski definition) is 8. The molecule has 9 aromatic rings. The summed E-state index contributed by atoms with van der Waals surface area (Å²) in [6, 6.07) is 36.1. The van der Waals surface area contributed by atoms with E-state index in [2.05, 4.69) is 132 Å². The second-order valence-corrected chi connectivity index (χ2v) is 25.9. The van der Waals surface area contributed by atoms with Crippen LogP contribution in [0.15, 0.2) is 97.1 Å². The molecule has 7 heterocycles. The fourth-order valence-corrected chi connectivity index (χ4v) is 18.4. The van der Waals surface area contributed by atoms with Crippen molar-refractivity contribution in [3.63, 3.8) is 0 Å². The highest BCUT2D eigenvalue weighted by Gasteiger charge is 2.41. The summed E-state index contributed by atoms with van der Waals surface area (Å²) < 4.78 is 3.73. The summed E-state index contributed by atoms with van der Waals surface area (Å²) in [6.07, 6.45) is 17.6. The van der Waals surface area contributed by atoms with E-state index in [1.807, 2.05) is 45.3 Å². The van der Waals surface area contributed by atoms with E-state index in [1.165, 1.54) is 129 Å². The molecular weight excluding hydrogens is 971 g/mol. The molecule has 0 bridgehead atoms. The summed E-state index contributed by atoms with van der Waals surface area (Å²) in [5, 5.41) is 3.59. The number of rotatable bonds is 23. The lowest BCUT2D eigenvalue weighted by atomic mass is 9.95. The van der Waals surface area contributed by atoms with Crippen LogP contribution in [0, 0.1) is 11.8 Å². The summed E-state index contributed by atoms with van der Waals surface area (Å²) in [5.41, 5.74) is 5.64. The normalized spacial score (nSPS) is 13.8. The van der Waals surface area contributed by atoms with Gasteiger partial charge in [-0.15, -0.1) is 68.0 Å². The van der Waals surface area contributed by atoms with Gasteiger partial charge in [0, 0.05) is 77.4 Å². The predicted molar refractivity (Wildman–Crippen MR) is 312 cm³/mol. The van der Waals surface area contributed by atoms with Crippen molar-refractivity contribution in [3.05, 3.63) is 117 Å². The predicted octanol–water partition coefficient (Wildman–Crippen LogP) is 20.9. The summed E-state index contributed by atoms with van der Waals surface area (Å²) in [6.45, 7) is 12.0. The first kappa shape index (κ1) is 49.4. The zero-order chi connectivity index (χ0) is 48.3. The van der Waals surface area contributed by atoms with Crippen molar-refractivity contribution in [3.8, 4) is 51.5 Å². The van der Waals surface area contributed by atoms with E-state index in [4.69, 9.17) is 0 Å². The molecule has 0 radical (unpaired) electrons. The fraction of sp³-hybridized carbons (Fsp3) is 0.377. The Labute approximate surface area is 439 Å². The summed E-state index contributed by atoms with van der Waals surface area (Å²) in [7, 11) is 0. The van der Waals surface area contributed by atoms with Gasteiger partial charge in [0.05, 0.1) is 15.1 Å². The average Bonchev–Trinajstić information content (AvgIpc) is 4.27. The van der Waals surface area contributed by atoms with Crippen molar-refractivity contribution >= 4 is 110 Å². The first-order valence-corrected chi connectivity index (χ1v) is 31.0. The van der Waals surface area contributed by atoms with Crippen LogP contribution in [0.3, 0.4) is 0 Å². The standard InChI is InChI=1S/C61H65NO2S6/c1-6-11-14-15-22-33-62-60(63)53-52-54(41-27-20-17-21-28-41)69-57(58(52)70-59(53)61(62)64)49-37-45-51(47-32-30-43(66-47)35-39(10-5)24-13-8-3)55-44(36-48(67-55)40-25-18-16-19-26-40)50(56(45)68-49)46-31-29-42(65-46)34-38(9-4)23-12-7-2/h16-21,25-32,36-39H,6-15,22-24,33-35H2,1-5H3. The summed E-state index contributed by atoms with van der Waals surface area (Å²) in [5.74, 6) is 1.14. The lowest BCUT2D eigenvalue weighted by molar-refractivity contribution is 0.0653. The largest absolute Gasteiger partial charge is 0.274 e. The maximum atomic E-state index is 14.5. The van der Waals surface area contributed by atoms with E-state index in [-0.39, 0.29) is 11.8 Å². The van der Waals surface area contributed by atoms with E-state index in [9.17, 15) is 9.59 Å². The molecule has 1 aliphatic rings. The monoisotopic (exact) mass is 1040 g/mol. The second-order valence-electron chi connectivity index (χ2n) is 19.4. The highest BCUT2D eigenvalue weighted by atomic mass is 32.1. The number of carbonyl (C=O) groups is 2. The van der Waals surface area contributed by atoms with Crippen molar-refractivity contribution in [1.29, 1.82) is 0 Å². The first-order chi connectivity index (χ1) is 34.3. The molecule has 6 aromatic heterocycles. The number of imide groups is 1. The Morgan fingerprint density at radius 2 is 0.986 bits per heavy atom. The minimum atomic E-state index is -0.124. The molecular formula is C61H65NO2S6. The number of fused-ring (bicyclic) bond motifs is 5. The second kappa shape index (κ2) is 22.3. The van der Waals surface area contributed by atoms with Gasteiger partial charge in [-0.25, -0.2) is 0 Å². The fourth-order valence-electron chi connectivity index (χ4n) is 10.6. The molecule has 0 fully saturated rings. The maximum Gasteiger partial charge on any atom is 0.271 e. The lowest BCUT2D eigenvalue weighted by Gasteiger charge is -2.13. The summed E-state index contributed by atoms with van der Waals surface area (Å²) in [4.78, 5) is 41.3. The first-order valence-electron chi connectivity index (χ1n) is 26.1. The van der Waals surface area contributed by atoms with Gasteiger partial charge in [-0.2, -0.15) is 0 Å². The molecule has 2 unspecified atom stereocenters. The van der Waals surface area contributed by atoms with Crippen LogP contribution < -0.4 is 0 Å². The molecule has 362 valence electrons. The van der Waals surface area contributed by atoms with Gasteiger partial charge >= 0.3 is 0 Å². The highest BCUT2D eigenvalue weighted by molar-refractivity contribution is 7.33. The molecule has 0 saturated carbocycles. The summed E-state index contributed by atoms with van der Waals surface area (Å²) >= 11 is 11.2. The topological polar surface area (TPSA) is 37.4 Å². The van der Waals surface area contributed by atoms with Gasteiger partial charge in [0.25, 0.3) is 11.8 Å². The number of unbranched alkanes of at least 4 members (excludes halogenated alkanes) is 6. The third kappa shape index (κ3) is 9.72. The van der Waals surface area contributed by atoms with Crippen molar-refractivity contribution < 1.29 is 9.59 Å². The molecule has 2 amide bonds. The number of hydrogen-bond donors (Lipinski definition) is 0. The minimum Gasteiger partial charge on any atom is -0.274 e. The van der Waals surface area contributed by atoms with Crippen LogP contribution in [-0.2, 0) is 12.8 Å². The lowest BCUT2D eigenvalue weighted by Crippen LogP contribution is -2.30. The molecule has 0 N–H and O–H groups in total. The van der Waals surface area contributed by atoms with Crippen molar-refractivity contribution in [2.24, 2.45) is 11.8 Å². The minimum absolute atomic E-state index is 0.121. The molecule has 2 atom stereocenters. The van der Waals surface area contributed by atoms with Crippen LogP contribution in [0.5, 0.6) is 0 Å². The van der Waals surface area contributed by atoms with Gasteiger partial charge in [0.2, 0.25) is 0 Å². The maximum absolute atomic E-state index is 14.5. The molecule has 0 aliphatic carbocycles. The molecule has 0 spiro atoms. The Morgan fingerprint density at radius 1 is 0.443 bits per heavy atom. The van der Waals surface area contributed by atoms with Gasteiger partial charge in [-0.1, -0.05) is 172 Å². The van der Waals surface area contributed by atoms with Crippen LogP contribution in [0.1, 0.15) is 148 Å². The van der Waals surface area contributed by atoms with Crippen LogP contribution in [-0.4, -0.2) is 23.3 Å². The van der Waals surface area contributed by atoms with Crippen LogP contribution in [0.2, 0.25) is 0 Å². The van der Waals surface area contributed by atoms with E-state index < -0.39 is 0 Å². The Hall–Kier alpha value is -4.22. The van der Waals surface area contributed by atoms with Crippen LogP contribution >= 0.6 is 68.0 Å². The molecule has 9 heteroatoms. The van der Waals surface area contributed by atoms with Crippen molar-refractivity contribution in [2.75, 3.05) is 6.54 Å². The molecule has 70 heavy (non-hydrogen) atoms. The van der Waals surface area contributed by atoms with E-state index in [1.54, 1.807) is 22.7 Å². The van der Waals surface area contributed by atoms with Crippen molar-refractivity contribution in [2.45, 2.75) is 131 Å². The van der Waals surface area contributed by atoms with E-state index in [0.717, 1.165) is 63.9 Å². The van der Waals surface area contributed by atoms with Gasteiger partial charge in [0.15, 0.2) is 0 Å². The molecule has 0 saturated heterocycles. The Bertz CT molecular complexity index is 3130. The molecule has 3 aromatic carbocycles. The number of amides is 2. The highest BCUT2D eigenvalue weighted by Crippen LogP contribution is 2.58. The van der Waals surface area contributed by atoms with E-state index >= 15 is 0 Å². The van der Waals surface area contributed by atoms with E-state index in [0.29, 0.717) is 28.8 Å². The van der Waals surface area contributed by atoms with Crippen LogP contribution in [0.4, 0.5) is 0 Å². The zero-order valence-corrected chi connectivity index (χ0v) is 46.3.